The molecule has 1 aromatic carbocycles. The summed E-state index contributed by atoms with van der Waals surface area (Å²) in [4.78, 5) is 15.0. The highest BCUT2D eigenvalue weighted by molar-refractivity contribution is 5.72. The van der Waals surface area contributed by atoms with Gasteiger partial charge in [-0.15, -0.1) is 0 Å². The second-order valence-corrected chi connectivity index (χ2v) is 3.98. The number of ether oxygens (including phenoxy) is 1. The lowest BCUT2D eigenvalue weighted by molar-refractivity contribution is -0.118. The lowest BCUT2D eigenvalue weighted by Gasteiger charge is -1.99. The monoisotopic (exact) mass is 261 g/mol. The minimum atomic E-state index is -0.0764. The third-order valence-electron chi connectivity index (χ3n) is 2.51. The van der Waals surface area contributed by atoms with Gasteiger partial charge in [0.2, 0.25) is 17.6 Å². The van der Waals surface area contributed by atoms with Gasteiger partial charge in [0.25, 0.3) is 0 Å². The average Bonchev–Trinajstić information content (AvgIpc) is 2.87. The molecule has 100 valence electrons. The van der Waals surface area contributed by atoms with E-state index in [1.54, 1.807) is 7.11 Å². The molecule has 1 heterocycles. The number of nitrogens with one attached hydrogen (secondary N) is 1. The van der Waals surface area contributed by atoms with E-state index < -0.39 is 0 Å². The van der Waals surface area contributed by atoms with E-state index in [-0.39, 0.29) is 5.91 Å². The standard InChI is InChI=1S/C13H15N3O3/c1-9(17)14-7-6-12-15-13(16-19-12)10-4-3-5-11(8-10)18-2/h3-5,8H,6-7H2,1-2H3,(H,14,17). The zero-order valence-electron chi connectivity index (χ0n) is 10.8. The number of benzene rings is 1. The zero-order chi connectivity index (χ0) is 13.7. The first-order valence-corrected chi connectivity index (χ1v) is 5.90. The number of carbonyl (C=O) groups is 1. The van der Waals surface area contributed by atoms with Crippen molar-refractivity contribution in [1.82, 2.24) is 15.5 Å². The molecule has 0 aliphatic rings. The van der Waals surface area contributed by atoms with Gasteiger partial charge < -0.3 is 14.6 Å². The first-order valence-electron chi connectivity index (χ1n) is 5.90. The highest BCUT2D eigenvalue weighted by atomic mass is 16.5. The number of methoxy groups -OCH3 is 1. The van der Waals surface area contributed by atoms with Crippen LogP contribution >= 0.6 is 0 Å². The van der Waals surface area contributed by atoms with Crippen LogP contribution in [0.3, 0.4) is 0 Å². The van der Waals surface area contributed by atoms with Crippen molar-refractivity contribution in [1.29, 1.82) is 0 Å². The maximum atomic E-state index is 10.7. The van der Waals surface area contributed by atoms with Crippen molar-refractivity contribution in [3.05, 3.63) is 30.2 Å². The van der Waals surface area contributed by atoms with Crippen LogP contribution in [0.25, 0.3) is 11.4 Å². The highest BCUT2D eigenvalue weighted by Gasteiger charge is 2.09. The van der Waals surface area contributed by atoms with Crippen LogP contribution in [0, 0.1) is 0 Å². The van der Waals surface area contributed by atoms with E-state index in [4.69, 9.17) is 9.26 Å². The summed E-state index contributed by atoms with van der Waals surface area (Å²) < 4.78 is 10.3. The molecule has 19 heavy (non-hydrogen) atoms. The van der Waals surface area contributed by atoms with E-state index in [2.05, 4.69) is 15.5 Å². The van der Waals surface area contributed by atoms with Crippen molar-refractivity contribution >= 4 is 5.91 Å². The molecule has 1 N–H and O–H groups in total. The summed E-state index contributed by atoms with van der Waals surface area (Å²) in [5.74, 6) is 1.66. The summed E-state index contributed by atoms with van der Waals surface area (Å²) in [5, 5.41) is 6.58. The largest absolute Gasteiger partial charge is 0.497 e. The van der Waals surface area contributed by atoms with Crippen molar-refractivity contribution in [2.75, 3.05) is 13.7 Å². The van der Waals surface area contributed by atoms with Gasteiger partial charge in [-0.2, -0.15) is 4.98 Å². The molecular formula is C13H15N3O3. The number of nitrogens with zero attached hydrogens (tertiary/aromatic N) is 2. The first kappa shape index (κ1) is 13.1. The summed E-state index contributed by atoms with van der Waals surface area (Å²) in [6.07, 6.45) is 0.510. The summed E-state index contributed by atoms with van der Waals surface area (Å²) in [5.41, 5.74) is 0.828. The number of hydrogen-bond donors (Lipinski definition) is 1. The maximum Gasteiger partial charge on any atom is 0.228 e. The molecule has 0 aliphatic heterocycles. The Bertz CT molecular complexity index is 566. The number of carbonyl (C=O) groups excluding carboxylic acids is 1. The van der Waals surface area contributed by atoms with Gasteiger partial charge in [-0.25, -0.2) is 0 Å². The molecule has 0 bridgehead atoms. The molecule has 0 saturated heterocycles. The van der Waals surface area contributed by atoms with Gasteiger partial charge >= 0.3 is 0 Å². The van der Waals surface area contributed by atoms with Gasteiger partial charge in [-0.3, -0.25) is 4.79 Å². The molecule has 6 heteroatoms. The van der Waals surface area contributed by atoms with E-state index in [9.17, 15) is 4.79 Å². The summed E-state index contributed by atoms with van der Waals surface area (Å²) in [6, 6.07) is 7.43. The van der Waals surface area contributed by atoms with Crippen molar-refractivity contribution < 1.29 is 14.1 Å². The normalized spacial score (nSPS) is 10.2. The van der Waals surface area contributed by atoms with E-state index in [0.29, 0.717) is 24.7 Å². The Hall–Kier alpha value is -2.37. The molecule has 0 radical (unpaired) electrons. The Morgan fingerprint density at radius 2 is 2.32 bits per heavy atom. The molecule has 0 spiro atoms. The van der Waals surface area contributed by atoms with Gasteiger partial charge in [0, 0.05) is 25.5 Å². The minimum Gasteiger partial charge on any atom is -0.497 e. The molecule has 1 aromatic heterocycles. The predicted molar refractivity (Wildman–Crippen MR) is 68.7 cm³/mol. The number of amides is 1. The molecule has 0 fully saturated rings. The first-order chi connectivity index (χ1) is 9.19. The number of aromatic nitrogens is 2. The van der Waals surface area contributed by atoms with E-state index in [0.717, 1.165) is 11.3 Å². The Labute approximate surface area is 110 Å². The molecular weight excluding hydrogens is 246 g/mol. The SMILES string of the molecule is COc1cccc(-c2noc(CCNC(C)=O)n2)c1. The lowest BCUT2D eigenvalue weighted by Crippen LogP contribution is -2.22. The molecule has 0 unspecified atom stereocenters. The van der Waals surface area contributed by atoms with Crippen molar-refractivity contribution in [3.8, 4) is 17.1 Å². The summed E-state index contributed by atoms with van der Waals surface area (Å²) in [7, 11) is 1.61. The van der Waals surface area contributed by atoms with Crippen LogP contribution in [-0.4, -0.2) is 29.7 Å². The molecule has 6 nitrogen and oxygen atoms in total. The van der Waals surface area contributed by atoms with Crippen LogP contribution in [-0.2, 0) is 11.2 Å². The van der Waals surface area contributed by atoms with Gasteiger partial charge in [-0.1, -0.05) is 17.3 Å². The number of hydrogen-bond acceptors (Lipinski definition) is 5. The second kappa shape index (κ2) is 5.99. The minimum absolute atomic E-state index is 0.0764. The molecule has 1 amide bonds. The number of rotatable bonds is 5. The van der Waals surface area contributed by atoms with Crippen LogP contribution in [0.15, 0.2) is 28.8 Å². The zero-order valence-corrected chi connectivity index (χ0v) is 10.8. The quantitative estimate of drug-likeness (QED) is 0.880. The van der Waals surface area contributed by atoms with E-state index in [1.165, 1.54) is 6.92 Å². The summed E-state index contributed by atoms with van der Waals surface area (Å²) in [6.45, 7) is 1.95. The third-order valence-corrected chi connectivity index (χ3v) is 2.51. The van der Waals surface area contributed by atoms with Gasteiger partial charge in [0.05, 0.1) is 7.11 Å². The third kappa shape index (κ3) is 3.54. The molecule has 2 aromatic rings. The van der Waals surface area contributed by atoms with Crippen LogP contribution in [0.2, 0.25) is 0 Å². The van der Waals surface area contributed by atoms with Crippen molar-refractivity contribution in [3.63, 3.8) is 0 Å². The van der Waals surface area contributed by atoms with E-state index >= 15 is 0 Å². The molecule has 0 saturated carbocycles. The Morgan fingerprint density at radius 1 is 1.47 bits per heavy atom. The van der Waals surface area contributed by atoms with Crippen molar-refractivity contribution in [2.45, 2.75) is 13.3 Å². The fraction of sp³-hybridized carbons (Fsp3) is 0.308. The molecule has 0 aliphatic carbocycles. The topological polar surface area (TPSA) is 77.3 Å². The maximum absolute atomic E-state index is 10.7. The van der Waals surface area contributed by atoms with Crippen LogP contribution < -0.4 is 10.1 Å². The van der Waals surface area contributed by atoms with Gasteiger partial charge in [-0.05, 0) is 12.1 Å². The van der Waals surface area contributed by atoms with Crippen LogP contribution in [0.5, 0.6) is 5.75 Å². The van der Waals surface area contributed by atoms with E-state index in [1.807, 2.05) is 24.3 Å². The van der Waals surface area contributed by atoms with Crippen LogP contribution in [0.4, 0.5) is 0 Å². The highest BCUT2D eigenvalue weighted by Crippen LogP contribution is 2.21. The fourth-order valence-corrected chi connectivity index (χ4v) is 1.58. The van der Waals surface area contributed by atoms with Crippen molar-refractivity contribution in [2.24, 2.45) is 0 Å². The predicted octanol–water partition coefficient (Wildman–Crippen LogP) is 1.42. The Morgan fingerprint density at radius 3 is 3.05 bits per heavy atom. The Kier molecular flexibility index (Phi) is 4.12. The summed E-state index contributed by atoms with van der Waals surface area (Å²) >= 11 is 0. The van der Waals surface area contributed by atoms with Gasteiger partial charge in [0.1, 0.15) is 5.75 Å². The second-order valence-electron chi connectivity index (χ2n) is 3.98. The molecule has 2 rings (SSSR count). The molecule has 0 atom stereocenters. The van der Waals surface area contributed by atoms with Gasteiger partial charge in [0.15, 0.2) is 0 Å². The smallest absolute Gasteiger partial charge is 0.228 e. The lowest BCUT2D eigenvalue weighted by atomic mass is 10.2. The average molecular weight is 261 g/mol. The fourth-order valence-electron chi connectivity index (χ4n) is 1.58. The van der Waals surface area contributed by atoms with Crippen LogP contribution in [0.1, 0.15) is 12.8 Å². The Balaban J connectivity index is 2.05.